The maximum Gasteiger partial charge on any atom is 0.321 e. The lowest BCUT2D eigenvalue weighted by Crippen LogP contribution is -2.41. The predicted octanol–water partition coefficient (Wildman–Crippen LogP) is 6.50. The maximum absolute atomic E-state index is 13.1. The van der Waals surface area contributed by atoms with E-state index in [4.69, 9.17) is 4.74 Å². The molecule has 0 atom stereocenters. The molecule has 0 aliphatic heterocycles. The van der Waals surface area contributed by atoms with E-state index in [0.29, 0.717) is 19.7 Å². The number of amides is 2. The number of carbonyl (C=O) groups is 2. The number of nitrogens with zero attached hydrogens (tertiary/aromatic N) is 1. The second kappa shape index (κ2) is 14.2. The molecule has 0 aliphatic carbocycles. The number of rotatable bonds is 12. The van der Waals surface area contributed by atoms with Gasteiger partial charge in [-0.05, 0) is 61.2 Å². The van der Waals surface area contributed by atoms with Gasteiger partial charge in [0.15, 0.2) is 0 Å². The Balaban J connectivity index is 1.67. The van der Waals surface area contributed by atoms with Crippen LogP contribution in [0.25, 0.3) is 0 Å². The van der Waals surface area contributed by atoms with Crippen molar-refractivity contribution in [2.45, 2.75) is 49.3 Å². The second-order valence-electron chi connectivity index (χ2n) is 8.20. The van der Waals surface area contributed by atoms with Crippen LogP contribution in [0.5, 0.6) is 0 Å². The van der Waals surface area contributed by atoms with E-state index in [1.165, 1.54) is 5.56 Å². The number of hydrogen-bond donors (Lipinski definition) is 1. The quantitative estimate of drug-likeness (QED) is 0.294. The van der Waals surface area contributed by atoms with Gasteiger partial charge >= 0.3 is 12.0 Å². The van der Waals surface area contributed by atoms with Gasteiger partial charge in [-0.15, -0.1) is 0 Å². The maximum atomic E-state index is 13.1. The van der Waals surface area contributed by atoms with E-state index in [0.717, 1.165) is 40.3 Å². The smallest absolute Gasteiger partial charge is 0.321 e. The molecule has 3 aromatic carbocycles. The Hall–Kier alpha value is -3.25. The largest absolute Gasteiger partial charge is 0.466 e. The second-order valence-corrected chi connectivity index (χ2v) is 9.35. The summed E-state index contributed by atoms with van der Waals surface area (Å²) in [5.41, 5.74) is 3.01. The first kappa shape index (κ1) is 26.4. The van der Waals surface area contributed by atoms with Crippen molar-refractivity contribution >= 4 is 29.4 Å². The number of hydrogen-bond acceptors (Lipinski definition) is 4. The SMILES string of the molecule is CCCCN(C(=O)NCCc1ccccc1)c1cccc(Sc2cccc(CC(=O)OCC)c2)c1. The Morgan fingerprint density at radius 2 is 1.60 bits per heavy atom. The van der Waals surface area contributed by atoms with Crippen molar-refractivity contribution in [1.82, 2.24) is 5.32 Å². The van der Waals surface area contributed by atoms with Crippen molar-refractivity contribution in [3.05, 3.63) is 90.0 Å². The van der Waals surface area contributed by atoms with Gasteiger partial charge < -0.3 is 10.1 Å². The number of urea groups is 1. The monoisotopic (exact) mass is 490 g/mol. The Morgan fingerprint density at radius 3 is 2.34 bits per heavy atom. The third kappa shape index (κ3) is 8.80. The summed E-state index contributed by atoms with van der Waals surface area (Å²) in [5, 5.41) is 3.08. The highest BCUT2D eigenvalue weighted by atomic mass is 32.2. The zero-order valence-electron chi connectivity index (χ0n) is 20.5. The van der Waals surface area contributed by atoms with Gasteiger partial charge in [0, 0.05) is 28.6 Å². The van der Waals surface area contributed by atoms with Crippen molar-refractivity contribution < 1.29 is 14.3 Å². The van der Waals surface area contributed by atoms with Crippen molar-refractivity contribution in [3.63, 3.8) is 0 Å². The fourth-order valence-electron chi connectivity index (χ4n) is 3.67. The van der Waals surface area contributed by atoms with Crippen molar-refractivity contribution in [3.8, 4) is 0 Å². The van der Waals surface area contributed by atoms with E-state index in [9.17, 15) is 9.59 Å². The number of anilines is 1. The Kier molecular flexibility index (Phi) is 10.7. The summed E-state index contributed by atoms with van der Waals surface area (Å²) in [6, 6.07) is 26.1. The van der Waals surface area contributed by atoms with Crippen LogP contribution < -0.4 is 10.2 Å². The standard InChI is InChI=1S/C29H34N2O3S/c1-3-5-19-31(29(33)30-18-17-23-11-7-6-8-12-23)25-14-10-16-27(22-25)35-26-15-9-13-24(20-26)21-28(32)34-4-2/h6-16,20,22H,3-5,17-19,21H2,1-2H3,(H,30,33). The van der Waals surface area contributed by atoms with Gasteiger partial charge in [0.1, 0.15) is 0 Å². The summed E-state index contributed by atoms with van der Waals surface area (Å²) < 4.78 is 5.06. The molecule has 0 radical (unpaired) electrons. The van der Waals surface area contributed by atoms with Gasteiger partial charge in [0.25, 0.3) is 0 Å². The predicted molar refractivity (Wildman–Crippen MR) is 143 cm³/mol. The summed E-state index contributed by atoms with van der Waals surface area (Å²) in [6.45, 7) is 5.57. The van der Waals surface area contributed by atoms with Crippen LogP contribution in [0.2, 0.25) is 0 Å². The van der Waals surface area contributed by atoms with E-state index >= 15 is 0 Å². The number of ether oxygens (including phenoxy) is 1. The van der Waals surface area contributed by atoms with E-state index in [1.54, 1.807) is 11.8 Å². The van der Waals surface area contributed by atoms with Crippen molar-refractivity contribution in [1.29, 1.82) is 0 Å². The summed E-state index contributed by atoms with van der Waals surface area (Å²) in [6.07, 6.45) is 3.00. The molecule has 1 N–H and O–H groups in total. The fourth-order valence-corrected chi connectivity index (χ4v) is 4.62. The molecule has 2 amide bonds. The van der Waals surface area contributed by atoms with E-state index in [-0.39, 0.29) is 18.4 Å². The molecule has 0 aromatic heterocycles. The lowest BCUT2D eigenvalue weighted by atomic mass is 10.1. The van der Waals surface area contributed by atoms with Crippen LogP contribution in [0.4, 0.5) is 10.5 Å². The molecule has 3 aromatic rings. The topological polar surface area (TPSA) is 58.6 Å². The van der Waals surface area contributed by atoms with Crippen LogP contribution in [0.15, 0.2) is 88.7 Å². The van der Waals surface area contributed by atoms with Crippen molar-refractivity contribution in [2.24, 2.45) is 0 Å². The lowest BCUT2D eigenvalue weighted by Gasteiger charge is -2.24. The molecule has 6 heteroatoms. The first-order valence-corrected chi connectivity index (χ1v) is 13.0. The minimum atomic E-state index is -0.221. The Morgan fingerprint density at radius 1 is 0.886 bits per heavy atom. The van der Waals surface area contributed by atoms with Crippen LogP contribution in [-0.4, -0.2) is 31.7 Å². The lowest BCUT2D eigenvalue weighted by molar-refractivity contribution is -0.142. The molecule has 0 unspecified atom stereocenters. The molecule has 0 bridgehead atoms. The molecular formula is C29H34N2O3S. The van der Waals surface area contributed by atoms with Crippen LogP contribution in [0.1, 0.15) is 37.8 Å². The normalized spacial score (nSPS) is 10.6. The van der Waals surface area contributed by atoms with Gasteiger partial charge in [-0.3, -0.25) is 9.69 Å². The first-order valence-electron chi connectivity index (χ1n) is 12.2. The van der Waals surface area contributed by atoms with Gasteiger partial charge in [0.05, 0.1) is 13.0 Å². The average Bonchev–Trinajstić information content (AvgIpc) is 2.85. The third-order valence-corrected chi connectivity index (χ3v) is 6.41. The Labute approximate surface area is 212 Å². The molecule has 0 saturated carbocycles. The van der Waals surface area contributed by atoms with Gasteiger partial charge in [-0.25, -0.2) is 4.79 Å². The number of carbonyl (C=O) groups excluding carboxylic acids is 2. The molecule has 0 heterocycles. The molecule has 0 fully saturated rings. The van der Waals surface area contributed by atoms with Gasteiger partial charge in [-0.1, -0.05) is 73.6 Å². The molecule has 0 aliphatic rings. The van der Waals surface area contributed by atoms with Crippen LogP contribution in [0.3, 0.4) is 0 Å². The minimum Gasteiger partial charge on any atom is -0.466 e. The van der Waals surface area contributed by atoms with Crippen LogP contribution >= 0.6 is 11.8 Å². The van der Waals surface area contributed by atoms with Gasteiger partial charge in [-0.2, -0.15) is 0 Å². The van der Waals surface area contributed by atoms with E-state index in [2.05, 4.69) is 30.4 Å². The van der Waals surface area contributed by atoms with Crippen LogP contribution in [0, 0.1) is 0 Å². The number of benzene rings is 3. The highest BCUT2D eigenvalue weighted by molar-refractivity contribution is 7.99. The zero-order valence-corrected chi connectivity index (χ0v) is 21.4. The van der Waals surface area contributed by atoms with E-state index in [1.807, 2.05) is 72.5 Å². The third-order valence-electron chi connectivity index (χ3n) is 5.43. The van der Waals surface area contributed by atoms with Gasteiger partial charge in [0.2, 0.25) is 0 Å². The zero-order chi connectivity index (χ0) is 24.9. The number of nitrogens with one attached hydrogen (secondary N) is 1. The average molecular weight is 491 g/mol. The molecule has 3 rings (SSSR count). The minimum absolute atomic E-state index is 0.0760. The first-order chi connectivity index (χ1) is 17.1. The fraction of sp³-hybridized carbons (Fsp3) is 0.310. The highest BCUT2D eigenvalue weighted by Gasteiger charge is 2.16. The molecule has 0 saturated heterocycles. The van der Waals surface area contributed by atoms with Crippen LogP contribution in [-0.2, 0) is 22.4 Å². The number of unbranched alkanes of at least 4 members (excludes halogenated alkanes) is 1. The molecule has 0 spiro atoms. The van der Waals surface area contributed by atoms with Crippen molar-refractivity contribution in [2.75, 3.05) is 24.6 Å². The summed E-state index contributed by atoms with van der Waals surface area (Å²) in [4.78, 5) is 28.8. The molecule has 35 heavy (non-hydrogen) atoms. The summed E-state index contributed by atoms with van der Waals surface area (Å²) in [5.74, 6) is -0.221. The molecular weight excluding hydrogens is 456 g/mol. The van der Waals surface area contributed by atoms with E-state index < -0.39 is 0 Å². The molecule has 5 nitrogen and oxygen atoms in total. The Bertz CT molecular complexity index is 1090. The molecule has 184 valence electrons. The summed E-state index contributed by atoms with van der Waals surface area (Å²) in [7, 11) is 0. The number of esters is 1. The summed E-state index contributed by atoms with van der Waals surface area (Å²) >= 11 is 1.61. The highest BCUT2D eigenvalue weighted by Crippen LogP contribution is 2.31.